The van der Waals surface area contributed by atoms with E-state index in [1.165, 1.54) is 43.0 Å². The van der Waals surface area contributed by atoms with Crippen molar-refractivity contribution in [2.45, 2.75) is 20.1 Å². The SMILES string of the molecule is COC(C=O)[N+](=O)[O-].Cc1[nH]nc2ncc(N)cc12.Cc1[nH]nc2ncc([N+](=O)[O-])cc12.Nc1ccn[nH]1.O.O=[N+]([O-])c1cnc2[nH]ncc2c1.O=[N+]([O-])c1cnc2n[nH]c(Br)c2c1.[H-].[Na+]. The molecule has 9 aromatic rings. The van der Waals surface area contributed by atoms with Crippen LogP contribution in [0, 0.1) is 54.3 Å². The Morgan fingerprint density at radius 1 is 0.692 bits per heavy atom. The number of nitrogen functional groups attached to an aromatic ring is 2. The molecule has 0 spiro atoms. The Balaban J connectivity index is 0.000000399. The molecule has 31 nitrogen and oxygen atoms in total. The van der Waals surface area contributed by atoms with E-state index in [-0.39, 0.29) is 59.8 Å². The predicted molar refractivity (Wildman–Crippen MR) is 229 cm³/mol. The van der Waals surface area contributed by atoms with Crippen LogP contribution in [0.25, 0.3) is 44.1 Å². The maximum Gasteiger partial charge on any atom is 1.00 e. The number of nitro groups is 4. The fourth-order valence-electron chi connectivity index (χ4n) is 4.49. The van der Waals surface area contributed by atoms with Crippen LogP contribution in [0.3, 0.4) is 0 Å². The van der Waals surface area contributed by atoms with Gasteiger partial charge in [-0.25, -0.2) is 19.9 Å². The standard InChI is InChI=1S/C7H6N4O2.C7H8N4.C6H3BrN4O2.C6H4N4O2.C3H5N3.C3H5NO4.Na.H2O.H/c1-4-6-2-5(11(12)13)3-8-7(6)10-9-4;1-4-6-2-5(8)3-9-7(6)11-10-4;7-5-4-1-3(11(12)13)2-8-6(4)10-9-5;11-10(12)5-1-4-2-8-9-6(4)7-3-5;4-3-1-2-5-6-3;1-8-3(2-5)4(6)7;;;/h2-3H,1H3,(H,8,9,10);2-3H,8H2,1H3,(H,9,10,11);1-2H,(H,8,9,10);1-3H,(H,7,8,9);1-2H,(H3,4,5,6);2-3H,1H3;;1H2;/q;;;;;;+1;;-1. The van der Waals surface area contributed by atoms with Gasteiger partial charge in [-0.15, -0.1) is 0 Å². The van der Waals surface area contributed by atoms with E-state index in [0.717, 1.165) is 29.5 Å². The number of carbonyl (C=O) groups is 1. The molecule has 0 aliphatic carbocycles. The number of nitrogens with two attached hydrogens (primary N) is 2. The molecule has 0 radical (unpaired) electrons. The minimum absolute atomic E-state index is 0. The van der Waals surface area contributed by atoms with Crippen molar-refractivity contribution < 1.29 is 65.7 Å². The van der Waals surface area contributed by atoms with Gasteiger partial charge in [0.2, 0.25) is 6.29 Å². The number of anilines is 2. The van der Waals surface area contributed by atoms with E-state index in [0.29, 0.717) is 49.2 Å². The Kier molecular flexibility index (Phi) is 20.6. The molecule has 0 saturated heterocycles. The number of nitrogens with one attached hydrogen (secondary N) is 5. The third kappa shape index (κ3) is 15.1. The van der Waals surface area contributed by atoms with Gasteiger partial charge in [-0.1, -0.05) is 0 Å². The van der Waals surface area contributed by atoms with Crippen molar-refractivity contribution in [2.75, 3.05) is 18.6 Å². The van der Waals surface area contributed by atoms with Crippen molar-refractivity contribution in [1.29, 1.82) is 0 Å². The fraction of sp³-hybridized carbons (Fsp3) is 0.125. The summed E-state index contributed by atoms with van der Waals surface area (Å²) < 4.78 is 4.69. The van der Waals surface area contributed by atoms with Gasteiger partial charge >= 0.3 is 35.8 Å². The zero-order chi connectivity index (χ0) is 46.2. The summed E-state index contributed by atoms with van der Waals surface area (Å²) in [6.07, 6.45) is 6.89. The maximum absolute atomic E-state index is 10.4. The summed E-state index contributed by atoms with van der Waals surface area (Å²) in [5, 5.41) is 75.9. The Hall–Kier alpha value is -8.04. The van der Waals surface area contributed by atoms with Crippen molar-refractivity contribution in [3.05, 3.63) is 124 Å². The molecule has 11 N–H and O–H groups in total. The number of methoxy groups -OCH3 is 1. The van der Waals surface area contributed by atoms with Crippen LogP contribution in [0.1, 0.15) is 12.8 Å². The summed E-state index contributed by atoms with van der Waals surface area (Å²) in [5.74, 6) is 0.606. The van der Waals surface area contributed by atoms with Gasteiger partial charge in [0.25, 0.3) is 17.1 Å². The minimum Gasteiger partial charge on any atom is -1.00 e. The van der Waals surface area contributed by atoms with Crippen molar-refractivity contribution in [2.24, 2.45) is 0 Å². The molecule has 33 heteroatoms. The number of halogens is 1. The first-order valence-corrected chi connectivity index (χ1v) is 17.8. The average Bonchev–Trinajstić information content (AvgIpc) is 4.13. The molecule has 1 unspecified atom stereocenters. The Labute approximate surface area is 392 Å². The summed E-state index contributed by atoms with van der Waals surface area (Å²) in [6, 6.07) is 7.85. The molecular formula is C32H34BrN20NaO11. The zero-order valence-electron chi connectivity index (χ0n) is 34.9. The number of aromatic amines is 5. The Morgan fingerprint density at radius 3 is 1.65 bits per heavy atom. The number of rotatable bonds is 6. The number of fused-ring (bicyclic) bond motifs is 4. The molecule has 336 valence electrons. The van der Waals surface area contributed by atoms with Gasteiger partial charge in [0, 0.05) is 52.9 Å². The molecule has 0 aliphatic rings. The smallest absolute Gasteiger partial charge is 1.00 e. The van der Waals surface area contributed by atoms with Crippen LogP contribution in [-0.2, 0) is 9.53 Å². The van der Waals surface area contributed by atoms with Crippen molar-refractivity contribution in [3.63, 3.8) is 0 Å². The molecule has 0 saturated carbocycles. The number of pyridine rings is 4. The molecule has 9 heterocycles. The third-order valence-corrected chi connectivity index (χ3v) is 8.16. The monoisotopic (exact) mass is 976 g/mol. The number of hydrogen-bond acceptors (Lipinski definition) is 21. The first-order chi connectivity index (χ1) is 30.0. The van der Waals surface area contributed by atoms with E-state index in [9.17, 15) is 45.3 Å². The normalized spacial score (nSPS) is 10.3. The van der Waals surface area contributed by atoms with Gasteiger partial charge in [-0.2, -0.15) is 25.5 Å². The van der Waals surface area contributed by atoms with Crippen LogP contribution in [0.15, 0.2) is 72.1 Å². The number of carbonyl (C=O) groups excluding carboxylic acids is 1. The van der Waals surface area contributed by atoms with Gasteiger partial charge in [0.15, 0.2) is 22.6 Å². The van der Waals surface area contributed by atoms with Gasteiger partial charge in [-0.05, 0) is 41.9 Å². The number of hydrogen-bond donors (Lipinski definition) is 7. The van der Waals surface area contributed by atoms with Gasteiger partial charge in [0.1, 0.15) is 29.0 Å². The second kappa shape index (κ2) is 25.2. The summed E-state index contributed by atoms with van der Waals surface area (Å²) >= 11 is 3.17. The first-order valence-electron chi connectivity index (χ1n) is 17.0. The summed E-state index contributed by atoms with van der Waals surface area (Å²) in [6.45, 7) is 3.73. The van der Waals surface area contributed by atoms with Gasteiger partial charge < -0.3 is 23.1 Å². The molecule has 0 aromatic carbocycles. The van der Waals surface area contributed by atoms with E-state index < -0.39 is 25.9 Å². The quantitative estimate of drug-likeness (QED) is 0.0385. The number of H-pyrrole nitrogens is 5. The third-order valence-electron chi connectivity index (χ3n) is 7.55. The zero-order valence-corrected chi connectivity index (χ0v) is 37.5. The van der Waals surface area contributed by atoms with E-state index in [4.69, 9.17) is 11.5 Å². The van der Waals surface area contributed by atoms with Crippen LogP contribution in [0.4, 0.5) is 28.6 Å². The fourth-order valence-corrected chi connectivity index (χ4v) is 4.87. The van der Waals surface area contributed by atoms with Crippen LogP contribution in [-0.4, -0.2) is 116 Å². The Bertz CT molecular complexity index is 2910. The first kappa shape index (κ1) is 53.1. The molecule has 0 bridgehead atoms. The summed E-state index contributed by atoms with van der Waals surface area (Å²) in [4.78, 5) is 63.6. The van der Waals surface area contributed by atoms with Crippen LogP contribution in [0.5, 0.6) is 0 Å². The average molecular weight is 978 g/mol. The predicted octanol–water partition coefficient (Wildman–Crippen LogP) is 0.236. The van der Waals surface area contributed by atoms with Crippen LogP contribution < -0.4 is 41.0 Å². The maximum atomic E-state index is 10.4. The molecule has 0 amide bonds. The number of aromatic nitrogens is 14. The molecular weight excluding hydrogens is 943 g/mol. The summed E-state index contributed by atoms with van der Waals surface area (Å²) in [7, 11) is 1.10. The largest absolute Gasteiger partial charge is 1.00 e. The Morgan fingerprint density at radius 2 is 1.18 bits per heavy atom. The second-order valence-electron chi connectivity index (χ2n) is 11.8. The van der Waals surface area contributed by atoms with Crippen LogP contribution in [0.2, 0.25) is 0 Å². The summed E-state index contributed by atoms with van der Waals surface area (Å²) in [5.41, 5.74) is 15.3. The molecule has 1 atom stereocenters. The van der Waals surface area contributed by atoms with E-state index >= 15 is 0 Å². The number of aldehydes is 1. The molecule has 9 rings (SSSR count). The number of ether oxygens (including phenoxy) is 1. The van der Waals surface area contributed by atoms with Crippen LogP contribution >= 0.6 is 15.9 Å². The van der Waals surface area contributed by atoms with Crippen molar-refractivity contribution in [3.8, 4) is 0 Å². The van der Waals surface area contributed by atoms with Crippen molar-refractivity contribution in [1.82, 2.24) is 70.9 Å². The molecule has 65 heavy (non-hydrogen) atoms. The topological polar surface area (TPSA) is 477 Å². The molecule has 0 fully saturated rings. The number of nitrogens with zero attached hydrogens (tertiary/aromatic N) is 13. The number of aryl methyl sites for hydroxylation is 2. The second-order valence-corrected chi connectivity index (χ2v) is 12.6. The molecule has 9 aromatic heterocycles. The van der Waals surface area contributed by atoms with E-state index in [1.807, 2.05) is 13.0 Å². The van der Waals surface area contributed by atoms with E-state index in [1.54, 1.807) is 25.4 Å². The van der Waals surface area contributed by atoms with Gasteiger partial charge in [-0.3, -0.25) is 70.7 Å². The van der Waals surface area contributed by atoms with E-state index in [2.05, 4.69) is 91.6 Å². The van der Waals surface area contributed by atoms with Crippen molar-refractivity contribution >= 4 is 94.9 Å². The minimum atomic E-state index is -1.50. The van der Waals surface area contributed by atoms with Gasteiger partial charge in [0.05, 0.1) is 49.4 Å². The molecule has 0 aliphatic heterocycles.